The highest BCUT2D eigenvalue weighted by Crippen LogP contribution is 2.22. The number of rotatable bonds is 1. The summed E-state index contributed by atoms with van der Waals surface area (Å²) in [5.74, 6) is -1.24. The van der Waals surface area contributed by atoms with E-state index in [-0.39, 0.29) is 22.0 Å². The monoisotopic (exact) mass is 197 g/mol. The van der Waals surface area contributed by atoms with Gasteiger partial charge in [0.1, 0.15) is 22.3 Å². The van der Waals surface area contributed by atoms with Crippen molar-refractivity contribution in [2.24, 2.45) is 0 Å². The van der Waals surface area contributed by atoms with Crippen molar-refractivity contribution in [3.05, 3.63) is 22.5 Å². The molecule has 0 radical (unpaired) electrons. The number of carboxylic acid groups (broad SMARTS) is 1. The third-order valence-corrected chi connectivity index (χ3v) is 1.70. The lowest BCUT2D eigenvalue weighted by Gasteiger charge is -2.02. The zero-order valence-electron chi connectivity index (χ0n) is 6.28. The van der Waals surface area contributed by atoms with Gasteiger partial charge in [-0.1, -0.05) is 11.6 Å². The molecule has 0 aliphatic rings. The van der Waals surface area contributed by atoms with Gasteiger partial charge in [-0.15, -0.1) is 0 Å². The first-order valence-electron chi connectivity index (χ1n) is 3.15. The van der Waals surface area contributed by atoms with Gasteiger partial charge in [-0.25, -0.2) is 9.78 Å². The Kier molecular flexibility index (Phi) is 2.35. The van der Waals surface area contributed by atoms with Gasteiger partial charge in [-0.2, -0.15) is 5.26 Å². The molecule has 0 saturated heterocycles. The summed E-state index contributed by atoms with van der Waals surface area (Å²) >= 11 is 5.50. The van der Waals surface area contributed by atoms with E-state index in [0.29, 0.717) is 0 Å². The molecule has 1 aromatic rings. The molecular weight excluding hydrogens is 194 g/mol. The van der Waals surface area contributed by atoms with Crippen molar-refractivity contribution in [2.75, 3.05) is 5.73 Å². The normalized spacial score (nSPS) is 9.23. The maximum absolute atomic E-state index is 10.5. The average Bonchev–Trinajstić information content (AvgIpc) is 2.04. The van der Waals surface area contributed by atoms with E-state index in [2.05, 4.69) is 4.98 Å². The van der Waals surface area contributed by atoms with Crippen LogP contribution in [-0.4, -0.2) is 16.1 Å². The zero-order valence-corrected chi connectivity index (χ0v) is 7.04. The van der Waals surface area contributed by atoms with Gasteiger partial charge in [-0.3, -0.25) is 0 Å². The van der Waals surface area contributed by atoms with Gasteiger partial charge >= 0.3 is 5.97 Å². The average molecular weight is 198 g/mol. The molecule has 1 aromatic heterocycles. The number of nitrogens with two attached hydrogens (primary N) is 1. The quantitative estimate of drug-likeness (QED) is 0.651. The van der Waals surface area contributed by atoms with Gasteiger partial charge in [0.05, 0.1) is 5.69 Å². The second-order valence-corrected chi connectivity index (χ2v) is 2.53. The van der Waals surface area contributed by atoms with Crippen LogP contribution in [0.3, 0.4) is 0 Å². The van der Waals surface area contributed by atoms with Crippen LogP contribution in [0.2, 0.25) is 5.15 Å². The van der Waals surface area contributed by atoms with Gasteiger partial charge in [0.2, 0.25) is 0 Å². The maximum atomic E-state index is 10.5. The molecule has 0 amide bonds. The van der Waals surface area contributed by atoms with Crippen LogP contribution in [0.25, 0.3) is 0 Å². The van der Waals surface area contributed by atoms with Crippen molar-refractivity contribution in [3.8, 4) is 6.07 Å². The van der Waals surface area contributed by atoms with Gasteiger partial charge in [0, 0.05) is 6.20 Å². The van der Waals surface area contributed by atoms with Gasteiger partial charge in [-0.05, 0) is 0 Å². The van der Waals surface area contributed by atoms with Crippen LogP contribution in [-0.2, 0) is 0 Å². The topological polar surface area (TPSA) is 100 Å². The number of aromatic nitrogens is 1. The first-order valence-corrected chi connectivity index (χ1v) is 3.53. The highest BCUT2D eigenvalue weighted by atomic mass is 35.5. The molecule has 1 heterocycles. The van der Waals surface area contributed by atoms with Crippen molar-refractivity contribution < 1.29 is 9.90 Å². The van der Waals surface area contributed by atoms with E-state index >= 15 is 0 Å². The van der Waals surface area contributed by atoms with Gasteiger partial charge in [0.25, 0.3) is 0 Å². The molecule has 0 atom stereocenters. The van der Waals surface area contributed by atoms with Crippen LogP contribution < -0.4 is 5.73 Å². The fraction of sp³-hybridized carbons (Fsp3) is 0. The Morgan fingerprint density at radius 3 is 2.85 bits per heavy atom. The van der Waals surface area contributed by atoms with E-state index in [9.17, 15) is 4.79 Å². The van der Waals surface area contributed by atoms with E-state index in [1.165, 1.54) is 0 Å². The summed E-state index contributed by atoms with van der Waals surface area (Å²) in [6, 6.07) is 1.68. The molecule has 0 fully saturated rings. The minimum absolute atomic E-state index is 0.0926. The third kappa shape index (κ3) is 1.53. The summed E-state index contributed by atoms with van der Waals surface area (Å²) in [4.78, 5) is 14.0. The van der Waals surface area contributed by atoms with E-state index in [4.69, 9.17) is 27.7 Å². The minimum atomic E-state index is -1.24. The predicted octanol–water partition coefficient (Wildman–Crippen LogP) is 0.887. The van der Waals surface area contributed by atoms with Crippen LogP contribution in [0.1, 0.15) is 15.9 Å². The molecule has 3 N–H and O–H groups in total. The Morgan fingerprint density at radius 1 is 1.77 bits per heavy atom. The summed E-state index contributed by atoms with van der Waals surface area (Å²) in [6.07, 6.45) is 1.01. The van der Waals surface area contributed by atoms with Crippen LogP contribution >= 0.6 is 11.6 Å². The van der Waals surface area contributed by atoms with Crippen molar-refractivity contribution in [1.29, 1.82) is 5.26 Å². The molecule has 0 aliphatic carbocycles. The second kappa shape index (κ2) is 3.29. The number of hydrogen-bond acceptors (Lipinski definition) is 4. The fourth-order valence-corrected chi connectivity index (χ4v) is 0.971. The molecular formula is C7H4ClN3O2. The second-order valence-electron chi connectivity index (χ2n) is 2.17. The minimum Gasteiger partial charge on any atom is -0.478 e. The zero-order chi connectivity index (χ0) is 10.0. The summed E-state index contributed by atoms with van der Waals surface area (Å²) < 4.78 is 0. The van der Waals surface area contributed by atoms with E-state index in [1.807, 2.05) is 0 Å². The summed E-state index contributed by atoms with van der Waals surface area (Å²) in [7, 11) is 0. The molecule has 0 spiro atoms. The number of pyridine rings is 1. The molecule has 5 nitrogen and oxygen atoms in total. The third-order valence-electron chi connectivity index (χ3n) is 1.42. The number of hydrogen-bond donors (Lipinski definition) is 2. The Morgan fingerprint density at radius 2 is 2.38 bits per heavy atom. The molecule has 0 unspecified atom stereocenters. The van der Waals surface area contributed by atoms with Crippen molar-refractivity contribution in [3.63, 3.8) is 0 Å². The Bertz CT molecular complexity index is 411. The predicted molar refractivity (Wildman–Crippen MR) is 45.3 cm³/mol. The smallest absolute Gasteiger partial charge is 0.339 e. The number of aromatic carboxylic acids is 1. The van der Waals surface area contributed by atoms with Crippen LogP contribution in [0.5, 0.6) is 0 Å². The number of halogens is 1. The van der Waals surface area contributed by atoms with Crippen molar-refractivity contribution >= 4 is 23.3 Å². The molecule has 0 aromatic carbocycles. The molecule has 66 valence electrons. The number of nitriles is 1. The molecule has 13 heavy (non-hydrogen) atoms. The SMILES string of the molecule is N#Cc1c(Cl)ncc(C(=O)O)c1N. The lowest BCUT2D eigenvalue weighted by molar-refractivity contribution is 0.0697. The number of nitrogen functional groups attached to an aromatic ring is 1. The van der Waals surface area contributed by atoms with Gasteiger partial charge < -0.3 is 10.8 Å². The number of carbonyl (C=O) groups is 1. The van der Waals surface area contributed by atoms with Crippen molar-refractivity contribution in [1.82, 2.24) is 4.98 Å². The molecule has 1 rings (SSSR count). The number of nitrogens with zero attached hydrogens (tertiary/aromatic N) is 2. The molecule has 0 bridgehead atoms. The van der Waals surface area contributed by atoms with E-state index in [0.717, 1.165) is 6.20 Å². The standard InChI is InChI=1S/C7H4ClN3O2/c8-6-3(1-9)5(10)4(2-11-6)7(12)13/h2H,(H2,10,11)(H,12,13). The van der Waals surface area contributed by atoms with Crippen LogP contribution in [0.15, 0.2) is 6.20 Å². The molecule has 6 heteroatoms. The lowest BCUT2D eigenvalue weighted by atomic mass is 10.1. The summed E-state index contributed by atoms with van der Waals surface area (Å²) in [5.41, 5.74) is 4.88. The Balaban J connectivity index is 3.47. The van der Waals surface area contributed by atoms with Gasteiger partial charge in [0.15, 0.2) is 0 Å². The van der Waals surface area contributed by atoms with Crippen molar-refractivity contribution in [2.45, 2.75) is 0 Å². The Hall–Kier alpha value is -1.80. The maximum Gasteiger partial charge on any atom is 0.339 e. The first-order chi connectivity index (χ1) is 6.07. The summed E-state index contributed by atoms with van der Waals surface area (Å²) in [6.45, 7) is 0. The van der Waals surface area contributed by atoms with Crippen LogP contribution in [0, 0.1) is 11.3 Å². The first kappa shape index (κ1) is 9.29. The molecule has 0 aliphatic heterocycles. The Labute approximate surface area is 78.4 Å². The van der Waals surface area contributed by atoms with E-state index < -0.39 is 5.97 Å². The lowest BCUT2D eigenvalue weighted by Crippen LogP contribution is -2.05. The number of anilines is 1. The summed E-state index contributed by atoms with van der Waals surface area (Å²) in [5, 5.41) is 17.1. The van der Waals surface area contributed by atoms with E-state index in [1.54, 1.807) is 6.07 Å². The number of carboxylic acids is 1. The highest BCUT2D eigenvalue weighted by Gasteiger charge is 2.14. The highest BCUT2D eigenvalue weighted by molar-refractivity contribution is 6.31. The largest absolute Gasteiger partial charge is 0.478 e. The fourth-order valence-electron chi connectivity index (χ4n) is 0.778. The molecule has 0 saturated carbocycles. The van der Waals surface area contributed by atoms with Crippen LogP contribution in [0.4, 0.5) is 5.69 Å².